The first-order valence-corrected chi connectivity index (χ1v) is 11.3. The van der Waals surface area contributed by atoms with Crippen LogP contribution in [0.15, 0.2) is 15.4 Å². The van der Waals surface area contributed by atoms with E-state index in [2.05, 4.69) is 17.0 Å². The molecule has 0 aromatic carbocycles. The van der Waals surface area contributed by atoms with Crippen molar-refractivity contribution in [2.75, 3.05) is 32.7 Å². The lowest BCUT2D eigenvalue weighted by atomic mass is 10.1. The Kier molecular flexibility index (Phi) is 6.46. The maximum atomic E-state index is 13.7. The first-order chi connectivity index (χ1) is 15.0. The summed E-state index contributed by atoms with van der Waals surface area (Å²) in [4.78, 5) is 30.8. The van der Waals surface area contributed by atoms with Gasteiger partial charge in [0, 0.05) is 44.5 Å². The molecule has 4 heterocycles. The van der Waals surface area contributed by atoms with Crippen molar-refractivity contribution in [2.45, 2.75) is 59.6 Å². The number of piperazine rings is 1. The second-order valence-corrected chi connectivity index (χ2v) is 8.45. The van der Waals surface area contributed by atoms with Crippen LogP contribution in [0, 0.1) is 13.8 Å². The largest absolute Gasteiger partial charge is 0.488 e. The third-order valence-electron chi connectivity index (χ3n) is 6.55. The van der Waals surface area contributed by atoms with Crippen molar-refractivity contribution < 1.29 is 14.1 Å². The molecule has 0 bridgehead atoms. The lowest BCUT2D eigenvalue weighted by Crippen LogP contribution is -2.49. The number of ether oxygens (including phenoxy) is 1. The van der Waals surface area contributed by atoms with Crippen LogP contribution < -0.4 is 10.3 Å². The lowest BCUT2D eigenvalue weighted by molar-refractivity contribution is 0.0636. The molecule has 8 heteroatoms. The molecule has 0 N–H and O–H groups in total. The van der Waals surface area contributed by atoms with E-state index >= 15 is 0 Å². The molecule has 31 heavy (non-hydrogen) atoms. The number of carbonyl (C=O) groups is 1. The fraction of sp³-hybridized carbons (Fsp3) is 0.609. The Morgan fingerprint density at radius 2 is 1.90 bits per heavy atom. The lowest BCUT2D eigenvalue weighted by Gasteiger charge is -2.34. The Bertz CT molecular complexity index is 982. The first-order valence-electron chi connectivity index (χ1n) is 11.3. The van der Waals surface area contributed by atoms with E-state index in [0.29, 0.717) is 43.1 Å². The molecule has 0 radical (unpaired) electrons. The predicted molar refractivity (Wildman–Crippen MR) is 117 cm³/mol. The van der Waals surface area contributed by atoms with Gasteiger partial charge in [-0.25, -0.2) is 0 Å². The quantitative estimate of drug-likeness (QED) is 0.728. The monoisotopic (exact) mass is 428 g/mol. The van der Waals surface area contributed by atoms with Crippen molar-refractivity contribution in [2.24, 2.45) is 0 Å². The number of pyridine rings is 1. The molecule has 0 unspecified atom stereocenters. The third-order valence-corrected chi connectivity index (χ3v) is 6.55. The molecule has 0 atom stereocenters. The average Bonchev–Trinajstić information content (AvgIpc) is 2.96. The number of hydrogen-bond donors (Lipinski definition) is 0. The summed E-state index contributed by atoms with van der Waals surface area (Å²) in [6.07, 6.45) is 3.69. The van der Waals surface area contributed by atoms with E-state index in [0.717, 1.165) is 55.8 Å². The highest BCUT2D eigenvalue weighted by Crippen LogP contribution is 2.28. The number of nitrogens with zero attached hydrogens (tertiary/aromatic N) is 4. The van der Waals surface area contributed by atoms with Gasteiger partial charge in [0.25, 0.3) is 11.5 Å². The fourth-order valence-electron chi connectivity index (χ4n) is 4.54. The minimum absolute atomic E-state index is 0.0323. The molecule has 2 aromatic rings. The maximum Gasteiger partial charge on any atom is 0.259 e. The van der Waals surface area contributed by atoms with Gasteiger partial charge in [-0.15, -0.1) is 0 Å². The van der Waals surface area contributed by atoms with Crippen LogP contribution in [0.2, 0.25) is 0 Å². The minimum Gasteiger partial charge on any atom is -0.488 e. The molecular weight excluding hydrogens is 396 g/mol. The third kappa shape index (κ3) is 4.39. The molecule has 8 nitrogen and oxygen atoms in total. The van der Waals surface area contributed by atoms with Gasteiger partial charge < -0.3 is 23.6 Å². The summed E-state index contributed by atoms with van der Waals surface area (Å²) in [6.45, 7) is 10.8. The standard InChI is InChI=1S/C23H32N4O4/c1-4-25-10-12-26(13-11-25)23(29)22-19-8-6-5-7-9-27(19)21(28)14-20(22)30-15-18-16(2)24-31-17(18)3/h14H,4-13,15H2,1-3H3. The van der Waals surface area contributed by atoms with Crippen LogP contribution in [-0.2, 0) is 19.6 Å². The van der Waals surface area contributed by atoms with E-state index in [1.165, 1.54) is 6.07 Å². The molecule has 4 rings (SSSR count). The van der Waals surface area contributed by atoms with Crippen LogP contribution in [0.5, 0.6) is 5.75 Å². The molecule has 0 aliphatic carbocycles. The molecule has 0 saturated carbocycles. The Morgan fingerprint density at radius 3 is 2.58 bits per heavy atom. The molecule has 2 aliphatic rings. The summed E-state index contributed by atoms with van der Waals surface area (Å²) < 4.78 is 13.1. The van der Waals surface area contributed by atoms with Crippen LogP contribution in [-0.4, -0.2) is 58.2 Å². The van der Waals surface area contributed by atoms with Gasteiger partial charge in [-0.05, 0) is 39.7 Å². The Labute approximate surface area is 182 Å². The second kappa shape index (κ2) is 9.26. The van der Waals surface area contributed by atoms with E-state index in [-0.39, 0.29) is 18.1 Å². The fourth-order valence-corrected chi connectivity index (χ4v) is 4.54. The van der Waals surface area contributed by atoms with Gasteiger partial charge in [0.1, 0.15) is 23.7 Å². The second-order valence-electron chi connectivity index (χ2n) is 8.45. The van der Waals surface area contributed by atoms with Gasteiger partial charge >= 0.3 is 0 Å². The smallest absolute Gasteiger partial charge is 0.259 e. The van der Waals surface area contributed by atoms with Crippen LogP contribution in [0.4, 0.5) is 0 Å². The number of likely N-dealkylation sites (N-methyl/N-ethyl adjacent to an activating group) is 1. The van der Waals surface area contributed by atoms with Gasteiger partial charge in [-0.1, -0.05) is 18.5 Å². The van der Waals surface area contributed by atoms with Crippen LogP contribution in [0.3, 0.4) is 0 Å². The van der Waals surface area contributed by atoms with Crippen LogP contribution in [0.1, 0.15) is 59.3 Å². The van der Waals surface area contributed by atoms with Gasteiger partial charge in [0.15, 0.2) is 0 Å². The van der Waals surface area contributed by atoms with Crippen LogP contribution in [0.25, 0.3) is 0 Å². The molecule has 1 fully saturated rings. The SMILES string of the molecule is CCN1CCN(C(=O)c2c(OCc3c(C)noc3C)cc(=O)n3c2CCCCC3)CC1. The molecule has 1 saturated heterocycles. The van der Waals surface area contributed by atoms with Gasteiger partial charge in [0.2, 0.25) is 0 Å². The Balaban J connectivity index is 1.70. The predicted octanol–water partition coefficient (Wildman–Crippen LogP) is 2.54. The van der Waals surface area contributed by atoms with Crippen molar-refractivity contribution in [1.82, 2.24) is 19.5 Å². The summed E-state index contributed by atoms with van der Waals surface area (Å²) in [6, 6.07) is 1.49. The summed E-state index contributed by atoms with van der Waals surface area (Å²) >= 11 is 0. The summed E-state index contributed by atoms with van der Waals surface area (Å²) in [5.41, 5.74) is 2.88. The highest BCUT2D eigenvalue weighted by molar-refractivity contribution is 5.98. The molecule has 0 spiro atoms. The highest BCUT2D eigenvalue weighted by atomic mass is 16.5. The normalized spacial score (nSPS) is 17.3. The molecular formula is C23H32N4O4. The highest BCUT2D eigenvalue weighted by Gasteiger charge is 2.29. The van der Waals surface area contributed by atoms with Crippen molar-refractivity contribution in [3.05, 3.63) is 44.7 Å². The maximum absolute atomic E-state index is 13.7. The molecule has 2 aromatic heterocycles. The minimum atomic E-state index is -0.0991. The summed E-state index contributed by atoms with van der Waals surface area (Å²) in [7, 11) is 0. The number of aromatic nitrogens is 2. The number of amides is 1. The van der Waals surface area contributed by atoms with Crippen molar-refractivity contribution in [1.29, 1.82) is 0 Å². The number of hydrogen-bond acceptors (Lipinski definition) is 6. The molecule has 2 aliphatic heterocycles. The van der Waals surface area contributed by atoms with Gasteiger partial charge in [-0.3, -0.25) is 9.59 Å². The Morgan fingerprint density at radius 1 is 1.13 bits per heavy atom. The van der Waals surface area contributed by atoms with E-state index in [9.17, 15) is 9.59 Å². The zero-order valence-corrected chi connectivity index (χ0v) is 18.8. The number of aryl methyl sites for hydroxylation is 2. The summed E-state index contributed by atoms with van der Waals surface area (Å²) in [5.74, 6) is 1.03. The van der Waals surface area contributed by atoms with E-state index in [1.807, 2.05) is 18.7 Å². The molecule has 168 valence electrons. The summed E-state index contributed by atoms with van der Waals surface area (Å²) in [5, 5.41) is 3.97. The van der Waals surface area contributed by atoms with Crippen molar-refractivity contribution >= 4 is 5.91 Å². The van der Waals surface area contributed by atoms with E-state index in [4.69, 9.17) is 9.26 Å². The van der Waals surface area contributed by atoms with Crippen molar-refractivity contribution in [3.8, 4) is 5.75 Å². The number of fused-ring (bicyclic) bond motifs is 1. The zero-order chi connectivity index (χ0) is 22.0. The van der Waals surface area contributed by atoms with E-state index < -0.39 is 0 Å². The molecule has 1 amide bonds. The number of carbonyl (C=O) groups excluding carboxylic acids is 1. The number of rotatable bonds is 5. The topological polar surface area (TPSA) is 80.8 Å². The van der Waals surface area contributed by atoms with Gasteiger partial charge in [-0.2, -0.15) is 0 Å². The zero-order valence-electron chi connectivity index (χ0n) is 18.8. The van der Waals surface area contributed by atoms with Gasteiger partial charge in [0.05, 0.1) is 11.3 Å². The van der Waals surface area contributed by atoms with Crippen LogP contribution >= 0.6 is 0 Å². The Hall–Kier alpha value is -2.61. The average molecular weight is 429 g/mol. The van der Waals surface area contributed by atoms with E-state index in [1.54, 1.807) is 4.57 Å². The first kappa shape index (κ1) is 21.6. The van der Waals surface area contributed by atoms with Crippen molar-refractivity contribution in [3.63, 3.8) is 0 Å².